The van der Waals surface area contributed by atoms with Gasteiger partial charge in [-0.15, -0.1) is 0 Å². The number of carbonyl (C=O) groups excluding carboxylic acids is 1. The molecule has 1 aromatic heterocycles. The number of rotatable bonds is 12. The first-order chi connectivity index (χ1) is 22.5. The van der Waals surface area contributed by atoms with Crippen LogP contribution in [-0.2, 0) is 4.74 Å². The molecule has 46 heavy (non-hydrogen) atoms. The molecule has 0 amide bonds. The van der Waals surface area contributed by atoms with E-state index in [0.717, 1.165) is 60.7 Å². The number of esters is 1. The van der Waals surface area contributed by atoms with Crippen LogP contribution in [0.25, 0.3) is 22.0 Å². The lowest BCUT2D eigenvalue weighted by Gasteiger charge is -2.26. The fraction of sp³-hybridized carbons (Fsp3) is 0.243. The molecule has 1 aliphatic heterocycles. The predicted octanol–water partition coefficient (Wildman–Crippen LogP) is 7.25. The van der Waals surface area contributed by atoms with E-state index in [4.69, 9.17) is 35.3 Å². The number of carbonyl (C=O) groups is 1. The maximum Gasteiger partial charge on any atom is 0.347 e. The lowest BCUT2D eigenvalue weighted by Crippen LogP contribution is -2.38. The highest BCUT2D eigenvalue weighted by molar-refractivity contribution is 6.35. The molecule has 0 bridgehead atoms. The van der Waals surface area contributed by atoms with Gasteiger partial charge in [0.1, 0.15) is 36.9 Å². The summed E-state index contributed by atoms with van der Waals surface area (Å²) in [6, 6.07) is 28.2. The Balaban J connectivity index is 1.06. The number of aryl methyl sites for hydroxylation is 1. The molecule has 236 valence electrons. The van der Waals surface area contributed by atoms with E-state index in [0.29, 0.717) is 23.6 Å². The van der Waals surface area contributed by atoms with Gasteiger partial charge in [-0.2, -0.15) is 0 Å². The van der Waals surface area contributed by atoms with Gasteiger partial charge in [-0.05, 0) is 54.4 Å². The van der Waals surface area contributed by atoms with Crippen molar-refractivity contribution in [1.29, 1.82) is 0 Å². The van der Waals surface area contributed by atoms with Crippen molar-refractivity contribution in [1.82, 2.24) is 9.88 Å². The van der Waals surface area contributed by atoms with Crippen LogP contribution in [0.5, 0.6) is 23.0 Å². The third-order valence-electron chi connectivity index (χ3n) is 7.71. The van der Waals surface area contributed by atoms with E-state index >= 15 is 0 Å². The van der Waals surface area contributed by atoms with Crippen molar-refractivity contribution in [2.45, 2.75) is 6.92 Å². The SMILES string of the molecule is Cc1ccccc1-c1cnc2c(C(=O)Oc3ccccc3OCCOc3cccc(OCCN4CCOCC4)c3)c(Cl)ccc2c1. The normalized spacial score (nSPS) is 13.3. The number of pyridine rings is 1. The Morgan fingerprint density at radius 1 is 0.826 bits per heavy atom. The van der Waals surface area contributed by atoms with Crippen LogP contribution in [0.2, 0.25) is 5.02 Å². The number of ether oxygens (including phenoxy) is 5. The molecule has 8 nitrogen and oxygen atoms in total. The fourth-order valence-electron chi connectivity index (χ4n) is 5.30. The zero-order valence-electron chi connectivity index (χ0n) is 25.6. The molecule has 4 aromatic carbocycles. The smallest absolute Gasteiger partial charge is 0.347 e. The summed E-state index contributed by atoms with van der Waals surface area (Å²) in [5.41, 5.74) is 3.83. The minimum atomic E-state index is -0.621. The van der Waals surface area contributed by atoms with Gasteiger partial charge >= 0.3 is 5.97 Å². The van der Waals surface area contributed by atoms with Crippen LogP contribution in [0.1, 0.15) is 15.9 Å². The Morgan fingerprint density at radius 3 is 2.35 bits per heavy atom. The molecule has 0 radical (unpaired) electrons. The van der Waals surface area contributed by atoms with Crippen molar-refractivity contribution >= 4 is 28.5 Å². The average Bonchev–Trinajstić information content (AvgIpc) is 3.08. The Kier molecular flexibility index (Phi) is 10.3. The Labute approximate surface area is 273 Å². The van der Waals surface area contributed by atoms with Crippen molar-refractivity contribution < 1.29 is 28.5 Å². The van der Waals surface area contributed by atoms with Gasteiger partial charge in [0.25, 0.3) is 0 Å². The summed E-state index contributed by atoms with van der Waals surface area (Å²) < 4.78 is 29.0. The number of halogens is 1. The summed E-state index contributed by atoms with van der Waals surface area (Å²) >= 11 is 6.52. The van der Waals surface area contributed by atoms with Crippen molar-refractivity contribution in [3.8, 4) is 34.1 Å². The van der Waals surface area contributed by atoms with Gasteiger partial charge in [0, 0.05) is 42.8 Å². The van der Waals surface area contributed by atoms with Gasteiger partial charge in [0.05, 0.1) is 23.8 Å². The molecule has 0 saturated carbocycles. The zero-order valence-corrected chi connectivity index (χ0v) is 26.4. The minimum absolute atomic E-state index is 0.195. The van der Waals surface area contributed by atoms with Crippen LogP contribution in [0.15, 0.2) is 97.2 Å². The third kappa shape index (κ3) is 7.77. The second-order valence-electron chi connectivity index (χ2n) is 10.8. The number of fused-ring (bicyclic) bond motifs is 1. The molecule has 1 fully saturated rings. The van der Waals surface area contributed by atoms with Crippen molar-refractivity contribution in [2.24, 2.45) is 0 Å². The average molecular weight is 639 g/mol. The van der Waals surface area contributed by atoms with Gasteiger partial charge in [-0.25, -0.2) is 4.79 Å². The fourth-order valence-corrected chi connectivity index (χ4v) is 5.53. The highest BCUT2D eigenvalue weighted by Gasteiger charge is 2.20. The van der Waals surface area contributed by atoms with E-state index in [1.807, 2.05) is 60.7 Å². The Morgan fingerprint density at radius 2 is 1.54 bits per heavy atom. The molecule has 0 atom stereocenters. The van der Waals surface area contributed by atoms with Gasteiger partial charge < -0.3 is 23.7 Å². The molecule has 9 heteroatoms. The largest absolute Gasteiger partial charge is 0.492 e. The van der Waals surface area contributed by atoms with E-state index in [-0.39, 0.29) is 29.5 Å². The standard InChI is InChI=1S/C37H35ClN2O6/c1-26-7-2-3-10-31(26)28-23-27-13-14-32(38)35(36(27)39-25-28)37(41)46-34-12-5-4-11-33(34)45-22-21-44-30-9-6-8-29(24-30)43-20-17-40-15-18-42-19-16-40/h2-14,23-25H,15-22H2,1H3. The van der Waals surface area contributed by atoms with Crippen LogP contribution in [0, 0.1) is 6.92 Å². The number of para-hydroxylation sites is 2. The zero-order chi connectivity index (χ0) is 31.7. The lowest BCUT2D eigenvalue weighted by molar-refractivity contribution is 0.0322. The maximum absolute atomic E-state index is 13.5. The molecule has 2 heterocycles. The number of benzene rings is 4. The topological polar surface area (TPSA) is 79.4 Å². The van der Waals surface area contributed by atoms with Crippen molar-refractivity contribution in [2.75, 3.05) is 52.7 Å². The van der Waals surface area contributed by atoms with Crippen LogP contribution in [0.4, 0.5) is 0 Å². The monoisotopic (exact) mass is 638 g/mol. The molecule has 1 saturated heterocycles. The van der Waals surface area contributed by atoms with E-state index in [2.05, 4.69) is 22.9 Å². The number of aromatic nitrogens is 1. The molecule has 0 N–H and O–H groups in total. The highest BCUT2D eigenvalue weighted by atomic mass is 35.5. The van der Waals surface area contributed by atoms with Crippen LogP contribution in [0.3, 0.4) is 0 Å². The first-order valence-electron chi connectivity index (χ1n) is 15.3. The molecule has 1 aliphatic rings. The summed E-state index contributed by atoms with van der Waals surface area (Å²) in [6.45, 7) is 7.40. The first-order valence-corrected chi connectivity index (χ1v) is 15.7. The van der Waals surface area contributed by atoms with Crippen molar-refractivity contribution in [3.63, 3.8) is 0 Å². The van der Waals surface area contributed by atoms with Gasteiger partial charge in [0.15, 0.2) is 11.5 Å². The lowest BCUT2D eigenvalue weighted by atomic mass is 10.00. The Hall–Kier alpha value is -4.63. The van der Waals surface area contributed by atoms with E-state index in [9.17, 15) is 4.79 Å². The number of nitrogens with zero attached hydrogens (tertiary/aromatic N) is 2. The van der Waals surface area contributed by atoms with E-state index in [1.54, 1.807) is 30.5 Å². The summed E-state index contributed by atoms with van der Waals surface area (Å²) in [5, 5.41) is 1.04. The highest BCUT2D eigenvalue weighted by Crippen LogP contribution is 2.32. The number of hydrogen-bond acceptors (Lipinski definition) is 8. The molecular formula is C37H35ClN2O6. The van der Waals surface area contributed by atoms with Crippen LogP contribution < -0.4 is 18.9 Å². The molecule has 6 rings (SSSR count). The molecule has 0 unspecified atom stereocenters. The molecule has 0 spiro atoms. The minimum Gasteiger partial charge on any atom is -0.492 e. The molecule has 5 aromatic rings. The summed E-state index contributed by atoms with van der Waals surface area (Å²) in [6.07, 6.45) is 1.75. The molecule has 0 aliphatic carbocycles. The third-order valence-corrected chi connectivity index (χ3v) is 8.02. The second kappa shape index (κ2) is 15.1. The summed E-state index contributed by atoms with van der Waals surface area (Å²) in [5.74, 6) is 1.48. The van der Waals surface area contributed by atoms with Gasteiger partial charge in [-0.3, -0.25) is 9.88 Å². The van der Waals surface area contributed by atoms with Crippen LogP contribution >= 0.6 is 11.6 Å². The number of morpholine rings is 1. The summed E-state index contributed by atoms with van der Waals surface area (Å²) in [7, 11) is 0. The summed E-state index contributed by atoms with van der Waals surface area (Å²) in [4.78, 5) is 20.4. The Bertz CT molecular complexity index is 1810. The van der Waals surface area contributed by atoms with Gasteiger partial charge in [-0.1, -0.05) is 60.1 Å². The first kappa shape index (κ1) is 31.4. The van der Waals surface area contributed by atoms with E-state index in [1.165, 1.54) is 0 Å². The maximum atomic E-state index is 13.5. The predicted molar refractivity (Wildman–Crippen MR) is 179 cm³/mol. The number of hydrogen-bond donors (Lipinski definition) is 0. The van der Waals surface area contributed by atoms with Crippen LogP contribution in [-0.4, -0.2) is 68.5 Å². The second-order valence-corrected chi connectivity index (χ2v) is 11.3. The molecular weight excluding hydrogens is 604 g/mol. The van der Waals surface area contributed by atoms with Gasteiger partial charge in [0.2, 0.25) is 0 Å². The van der Waals surface area contributed by atoms with E-state index < -0.39 is 5.97 Å². The van der Waals surface area contributed by atoms with Crippen molar-refractivity contribution in [3.05, 3.63) is 113 Å². The quantitative estimate of drug-likeness (QED) is 0.0803.